The van der Waals surface area contributed by atoms with Crippen LogP contribution in [0.5, 0.6) is 0 Å². The summed E-state index contributed by atoms with van der Waals surface area (Å²) in [5, 5.41) is 3.00. The van der Waals surface area contributed by atoms with E-state index in [4.69, 9.17) is 5.73 Å². The SMILES string of the molecule is CCC(CC)NC(=O)c1cccc(C#CCN)c1. The normalized spacial score (nSPS) is 9.78. The first kappa shape index (κ1) is 14.3. The van der Waals surface area contributed by atoms with Crippen LogP contribution in [-0.4, -0.2) is 18.5 Å². The van der Waals surface area contributed by atoms with Crippen LogP contribution in [0.4, 0.5) is 0 Å². The van der Waals surface area contributed by atoms with Gasteiger partial charge in [0, 0.05) is 17.2 Å². The average molecular weight is 244 g/mol. The van der Waals surface area contributed by atoms with Crippen LogP contribution in [0.3, 0.4) is 0 Å². The maximum absolute atomic E-state index is 12.0. The number of nitrogens with two attached hydrogens (primary N) is 1. The molecule has 0 bridgehead atoms. The minimum atomic E-state index is -0.0416. The van der Waals surface area contributed by atoms with Crippen molar-refractivity contribution in [2.24, 2.45) is 5.73 Å². The van der Waals surface area contributed by atoms with Gasteiger partial charge in [0.2, 0.25) is 0 Å². The Bertz CT molecular complexity index is 453. The molecule has 0 radical (unpaired) electrons. The van der Waals surface area contributed by atoms with E-state index in [1.807, 2.05) is 12.1 Å². The lowest BCUT2D eigenvalue weighted by atomic mass is 10.1. The third-order valence-electron chi connectivity index (χ3n) is 2.78. The van der Waals surface area contributed by atoms with Crippen LogP contribution < -0.4 is 11.1 Å². The van der Waals surface area contributed by atoms with Crippen molar-refractivity contribution in [3.63, 3.8) is 0 Å². The van der Waals surface area contributed by atoms with Crippen LogP contribution in [0.15, 0.2) is 24.3 Å². The first-order chi connectivity index (χ1) is 8.71. The Balaban J connectivity index is 2.79. The molecule has 0 fully saturated rings. The standard InChI is InChI=1S/C15H20N2O/c1-3-14(4-2)17-15(18)13-9-5-7-12(11-13)8-6-10-16/h5,7,9,11,14H,3-4,10,16H2,1-2H3,(H,17,18). The Morgan fingerprint density at radius 1 is 1.39 bits per heavy atom. The molecule has 3 nitrogen and oxygen atoms in total. The molecule has 0 aromatic heterocycles. The van der Waals surface area contributed by atoms with Gasteiger partial charge in [0.1, 0.15) is 0 Å². The largest absolute Gasteiger partial charge is 0.349 e. The van der Waals surface area contributed by atoms with Crippen molar-refractivity contribution in [1.29, 1.82) is 0 Å². The summed E-state index contributed by atoms with van der Waals surface area (Å²) < 4.78 is 0. The zero-order chi connectivity index (χ0) is 13.4. The molecule has 0 spiro atoms. The lowest BCUT2D eigenvalue weighted by molar-refractivity contribution is 0.0935. The highest BCUT2D eigenvalue weighted by Crippen LogP contribution is 2.06. The minimum absolute atomic E-state index is 0.0416. The summed E-state index contributed by atoms with van der Waals surface area (Å²) in [5.41, 5.74) is 6.78. The number of benzene rings is 1. The van der Waals surface area contributed by atoms with E-state index in [1.54, 1.807) is 12.1 Å². The summed E-state index contributed by atoms with van der Waals surface area (Å²) >= 11 is 0. The molecule has 96 valence electrons. The van der Waals surface area contributed by atoms with Gasteiger partial charge in [0.25, 0.3) is 5.91 Å². The van der Waals surface area contributed by atoms with E-state index in [1.165, 1.54) is 0 Å². The third-order valence-corrected chi connectivity index (χ3v) is 2.78. The van der Waals surface area contributed by atoms with Gasteiger partial charge < -0.3 is 11.1 Å². The molecule has 1 aromatic carbocycles. The summed E-state index contributed by atoms with van der Waals surface area (Å²) in [5.74, 6) is 5.66. The number of amides is 1. The number of carbonyl (C=O) groups is 1. The summed E-state index contributed by atoms with van der Waals surface area (Å²) in [4.78, 5) is 12.0. The molecule has 0 saturated heterocycles. The number of rotatable bonds is 4. The molecule has 1 aromatic rings. The first-order valence-electron chi connectivity index (χ1n) is 6.31. The molecule has 1 rings (SSSR count). The first-order valence-corrected chi connectivity index (χ1v) is 6.31. The maximum Gasteiger partial charge on any atom is 0.251 e. The van der Waals surface area contributed by atoms with Gasteiger partial charge >= 0.3 is 0 Å². The van der Waals surface area contributed by atoms with Gasteiger partial charge in [0.15, 0.2) is 0 Å². The van der Waals surface area contributed by atoms with E-state index in [9.17, 15) is 4.79 Å². The molecule has 0 unspecified atom stereocenters. The molecule has 0 aliphatic carbocycles. The second-order valence-electron chi connectivity index (χ2n) is 4.07. The summed E-state index contributed by atoms with van der Waals surface area (Å²) in [7, 11) is 0. The molecule has 0 heterocycles. The van der Waals surface area contributed by atoms with Crippen molar-refractivity contribution in [2.45, 2.75) is 32.7 Å². The Labute approximate surface area is 109 Å². The van der Waals surface area contributed by atoms with Crippen molar-refractivity contribution < 1.29 is 4.79 Å². The smallest absolute Gasteiger partial charge is 0.251 e. The minimum Gasteiger partial charge on any atom is -0.349 e. The van der Waals surface area contributed by atoms with Crippen molar-refractivity contribution in [2.75, 3.05) is 6.54 Å². The van der Waals surface area contributed by atoms with Crippen LogP contribution in [0.25, 0.3) is 0 Å². The van der Waals surface area contributed by atoms with E-state index in [0.717, 1.165) is 18.4 Å². The molecule has 0 aliphatic rings. The van der Waals surface area contributed by atoms with Gasteiger partial charge in [-0.2, -0.15) is 0 Å². The fourth-order valence-corrected chi connectivity index (χ4v) is 1.65. The van der Waals surface area contributed by atoms with Crippen molar-refractivity contribution in [3.05, 3.63) is 35.4 Å². The van der Waals surface area contributed by atoms with Crippen LogP contribution in [0.2, 0.25) is 0 Å². The molecule has 0 aliphatic heterocycles. The average Bonchev–Trinajstić information content (AvgIpc) is 2.42. The van der Waals surface area contributed by atoms with E-state index in [0.29, 0.717) is 12.1 Å². The predicted octanol–water partition coefficient (Wildman–Crippen LogP) is 1.92. The van der Waals surface area contributed by atoms with E-state index in [2.05, 4.69) is 31.0 Å². The number of hydrogen-bond acceptors (Lipinski definition) is 2. The van der Waals surface area contributed by atoms with Gasteiger partial charge in [-0.25, -0.2) is 0 Å². The number of nitrogens with one attached hydrogen (secondary N) is 1. The van der Waals surface area contributed by atoms with Gasteiger partial charge in [-0.15, -0.1) is 0 Å². The molecular formula is C15H20N2O. The Hall–Kier alpha value is -1.79. The lowest BCUT2D eigenvalue weighted by Gasteiger charge is -2.14. The highest BCUT2D eigenvalue weighted by Gasteiger charge is 2.10. The lowest BCUT2D eigenvalue weighted by Crippen LogP contribution is -2.33. The molecule has 3 N–H and O–H groups in total. The van der Waals surface area contributed by atoms with Gasteiger partial charge in [-0.05, 0) is 31.0 Å². The Morgan fingerprint density at radius 3 is 2.72 bits per heavy atom. The van der Waals surface area contributed by atoms with Crippen LogP contribution in [0, 0.1) is 11.8 Å². The predicted molar refractivity (Wildman–Crippen MR) is 74.2 cm³/mol. The number of carbonyl (C=O) groups excluding carboxylic acids is 1. The molecule has 1 amide bonds. The zero-order valence-electron chi connectivity index (χ0n) is 11.0. The fourth-order valence-electron chi connectivity index (χ4n) is 1.65. The summed E-state index contributed by atoms with van der Waals surface area (Å²) in [6.45, 7) is 4.46. The molecule has 0 saturated carbocycles. The van der Waals surface area contributed by atoms with Gasteiger partial charge in [-0.1, -0.05) is 31.8 Å². The quantitative estimate of drug-likeness (QED) is 0.795. The number of hydrogen-bond donors (Lipinski definition) is 2. The molecule has 18 heavy (non-hydrogen) atoms. The highest BCUT2D eigenvalue weighted by molar-refractivity contribution is 5.94. The Morgan fingerprint density at radius 2 is 2.11 bits per heavy atom. The summed E-state index contributed by atoms with van der Waals surface area (Å²) in [6.07, 6.45) is 1.88. The van der Waals surface area contributed by atoms with Crippen molar-refractivity contribution in [1.82, 2.24) is 5.32 Å². The highest BCUT2D eigenvalue weighted by atomic mass is 16.1. The zero-order valence-corrected chi connectivity index (χ0v) is 11.0. The van der Waals surface area contributed by atoms with Crippen LogP contribution in [0.1, 0.15) is 42.6 Å². The monoisotopic (exact) mass is 244 g/mol. The Kier molecular flexibility index (Phi) is 5.96. The van der Waals surface area contributed by atoms with E-state index in [-0.39, 0.29) is 11.9 Å². The molecular weight excluding hydrogens is 224 g/mol. The van der Waals surface area contributed by atoms with Gasteiger partial charge in [0.05, 0.1) is 6.54 Å². The second-order valence-corrected chi connectivity index (χ2v) is 4.07. The fraction of sp³-hybridized carbons (Fsp3) is 0.400. The van der Waals surface area contributed by atoms with Crippen LogP contribution >= 0.6 is 0 Å². The van der Waals surface area contributed by atoms with Crippen molar-refractivity contribution in [3.8, 4) is 11.8 Å². The molecule has 3 heteroatoms. The molecule has 0 atom stereocenters. The summed E-state index contributed by atoms with van der Waals surface area (Å²) in [6, 6.07) is 7.53. The van der Waals surface area contributed by atoms with E-state index < -0.39 is 0 Å². The third kappa shape index (κ3) is 4.23. The maximum atomic E-state index is 12.0. The van der Waals surface area contributed by atoms with E-state index >= 15 is 0 Å². The topological polar surface area (TPSA) is 55.1 Å². The van der Waals surface area contributed by atoms with Crippen molar-refractivity contribution >= 4 is 5.91 Å². The van der Waals surface area contributed by atoms with Gasteiger partial charge in [-0.3, -0.25) is 4.79 Å². The second kappa shape index (κ2) is 7.52. The van der Waals surface area contributed by atoms with Crippen LogP contribution in [-0.2, 0) is 0 Å².